The van der Waals surface area contributed by atoms with Gasteiger partial charge in [0.05, 0.1) is 0 Å². The van der Waals surface area contributed by atoms with Gasteiger partial charge in [-0.15, -0.1) is 0 Å². The third kappa shape index (κ3) is 4.14. The van der Waals surface area contributed by atoms with E-state index >= 15 is 0 Å². The fraction of sp³-hybridized carbons (Fsp3) is 0.250. The molecule has 0 saturated heterocycles. The molecular formula is C24H27NO. The zero-order valence-electron chi connectivity index (χ0n) is 15.9. The van der Waals surface area contributed by atoms with Crippen LogP contribution in [0.15, 0.2) is 66.7 Å². The van der Waals surface area contributed by atoms with Crippen LogP contribution in [-0.2, 0) is 6.42 Å². The number of benzene rings is 3. The second-order valence-corrected chi connectivity index (χ2v) is 6.93. The first-order chi connectivity index (χ1) is 12.6. The maximum absolute atomic E-state index is 9.03. The lowest BCUT2D eigenvalue weighted by Gasteiger charge is -2.26. The number of hydrogen-bond donors (Lipinski definition) is 1. The van der Waals surface area contributed by atoms with Gasteiger partial charge in [-0.1, -0.05) is 35.9 Å². The van der Waals surface area contributed by atoms with E-state index in [-0.39, 0.29) is 6.61 Å². The maximum Gasteiger partial charge on any atom is 0.0464 e. The molecule has 0 aliphatic rings. The fourth-order valence-electron chi connectivity index (χ4n) is 3.10. The Bertz CT molecular complexity index is 850. The molecule has 0 aromatic heterocycles. The summed E-state index contributed by atoms with van der Waals surface area (Å²) in [5.41, 5.74) is 8.57. The molecule has 1 N–H and O–H groups in total. The summed E-state index contributed by atoms with van der Waals surface area (Å²) >= 11 is 0. The molecule has 2 nitrogen and oxygen atoms in total. The Balaban J connectivity index is 2.02. The number of aryl methyl sites for hydroxylation is 4. The Hall–Kier alpha value is -2.58. The van der Waals surface area contributed by atoms with Crippen molar-refractivity contribution in [2.75, 3.05) is 11.5 Å². The Kier molecular flexibility index (Phi) is 5.75. The van der Waals surface area contributed by atoms with Crippen LogP contribution < -0.4 is 4.90 Å². The van der Waals surface area contributed by atoms with Gasteiger partial charge in [-0.2, -0.15) is 0 Å². The van der Waals surface area contributed by atoms with Crippen molar-refractivity contribution >= 4 is 17.1 Å². The summed E-state index contributed by atoms with van der Waals surface area (Å²) in [5.74, 6) is 0. The van der Waals surface area contributed by atoms with Crippen molar-refractivity contribution in [1.29, 1.82) is 0 Å². The Labute approximate surface area is 156 Å². The van der Waals surface area contributed by atoms with E-state index in [1.165, 1.54) is 27.9 Å². The minimum Gasteiger partial charge on any atom is -0.396 e. The third-order valence-electron chi connectivity index (χ3n) is 4.86. The van der Waals surface area contributed by atoms with Crippen LogP contribution in [0.5, 0.6) is 0 Å². The van der Waals surface area contributed by atoms with E-state index in [0.29, 0.717) is 0 Å². The first kappa shape index (κ1) is 18.2. The SMILES string of the molecule is Cc1ccc(N(c2ccc(CCCO)cc2)c2ccc(C)c(C)c2)cc1. The molecule has 0 aliphatic heterocycles. The monoisotopic (exact) mass is 345 g/mol. The van der Waals surface area contributed by atoms with Gasteiger partial charge in [-0.25, -0.2) is 0 Å². The van der Waals surface area contributed by atoms with E-state index in [1.807, 2.05) is 0 Å². The lowest BCUT2D eigenvalue weighted by molar-refractivity contribution is 0.288. The van der Waals surface area contributed by atoms with E-state index in [0.717, 1.165) is 24.2 Å². The summed E-state index contributed by atoms with van der Waals surface area (Å²) in [7, 11) is 0. The zero-order valence-corrected chi connectivity index (χ0v) is 15.9. The van der Waals surface area contributed by atoms with Crippen molar-refractivity contribution in [2.24, 2.45) is 0 Å². The highest BCUT2D eigenvalue weighted by Crippen LogP contribution is 2.35. The highest BCUT2D eigenvalue weighted by molar-refractivity contribution is 5.77. The minimum absolute atomic E-state index is 0.236. The lowest BCUT2D eigenvalue weighted by Crippen LogP contribution is -2.10. The van der Waals surface area contributed by atoms with E-state index in [9.17, 15) is 0 Å². The average molecular weight is 345 g/mol. The molecule has 0 bridgehead atoms. The number of aliphatic hydroxyl groups excluding tert-OH is 1. The first-order valence-electron chi connectivity index (χ1n) is 9.22. The van der Waals surface area contributed by atoms with Crippen LogP contribution >= 0.6 is 0 Å². The van der Waals surface area contributed by atoms with Crippen LogP contribution in [0.25, 0.3) is 0 Å². The number of rotatable bonds is 6. The summed E-state index contributed by atoms with van der Waals surface area (Å²) in [4.78, 5) is 2.29. The summed E-state index contributed by atoms with van der Waals surface area (Å²) < 4.78 is 0. The molecule has 3 aromatic carbocycles. The van der Waals surface area contributed by atoms with Gasteiger partial charge >= 0.3 is 0 Å². The van der Waals surface area contributed by atoms with Gasteiger partial charge in [-0.05, 0) is 86.7 Å². The molecule has 3 rings (SSSR count). The molecule has 2 heteroatoms. The van der Waals surface area contributed by atoms with Gasteiger partial charge in [0.1, 0.15) is 0 Å². The van der Waals surface area contributed by atoms with E-state index < -0.39 is 0 Å². The van der Waals surface area contributed by atoms with Gasteiger partial charge in [0, 0.05) is 23.7 Å². The van der Waals surface area contributed by atoms with E-state index in [2.05, 4.69) is 92.4 Å². The summed E-state index contributed by atoms with van der Waals surface area (Å²) in [6, 6.07) is 23.9. The predicted octanol–water partition coefficient (Wildman–Crippen LogP) is 6.01. The van der Waals surface area contributed by atoms with Gasteiger partial charge in [-0.3, -0.25) is 0 Å². The van der Waals surface area contributed by atoms with Crippen molar-refractivity contribution in [3.63, 3.8) is 0 Å². The van der Waals surface area contributed by atoms with E-state index in [1.54, 1.807) is 0 Å². The van der Waals surface area contributed by atoms with Crippen molar-refractivity contribution in [2.45, 2.75) is 33.6 Å². The van der Waals surface area contributed by atoms with Crippen molar-refractivity contribution in [3.8, 4) is 0 Å². The quantitative estimate of drug-likeness (QED) is 0.591. The maximum atomic E-state index is 9.03. The van der Waals surface area contributed by atoms with Gasteiger partial charge < -0.3 is 10.0 Å². The van der Waals surface area contributed by atoms with Crippen molar-refractivity contribution in [1.82, 2.24) is 0 Å². The minimum atomic E-state index is 0.236. The molecular weight excluding hydrogens is 318 g/mol. The standard InChI is InChI=1S/C24H27NO/c1-18-6-11-22(12-7-18)25(24-13-8-19(2)20(3)17-24)23-14-9-21(10-15-23)5-4-16-26/h6-15,17,26H,4-5,16H2,1-3H3. The Morgan fingerprint density at radius 3 is 1.85 bits per heavy atom. The number of anilines is 3. The summed E-state index contributed by atoms with van der Waals surface area (Å²) in [5, 5.41) is 9.03. The van der Waals surface area contributed by atoms with Crippen molar-refractivity contribution in [3.05, 3.63) is 89.0 Å². The second-order valence-electron chi connectivity index (χ2n) is 6.93. The molecule has 0 unspecified atom stereocenters. The molecule has 0 atom stereocenters. The van der Waals surface area contributed by atoms with Crippen LogP contribution in [0, 0.1) is 20.8 Å². The van der Waals surface area contributed by atoms with Crippen LogP contribution in [0.3, 0.4) is 0 Å². The van der Waals surface area contributed by atoms with Gasteiger partial charge in [0.2, 0.25) is 0 Å². The molecule has 0 heterocycles. The van der Waals surface area contributed by atoms with Gasteiger partial charge in [0.15, 0.2) is 0 Å². The lowest BCUT2D eigenvalue weighted by atomic mass is 10.1. The Morgan fingerprint density at radius 2 is 1.27 bits per heavy atom. The molecule has 134 valence electrons. The fourth-order valence-corrected chi connectivity index (χ4v) is 3.10. The molecule has 0 fully saturated rings. The van der Waals surface area contributed by atoms with E-state index in [4.69, 9.17) is 5.11 Å². The predicted molar refractivity (Wildman–Crippen MR) is 111 cm³/mol. The number of nitrogens with zero attached hydrogens (tertiary/aromatic N) is 1. The molecule has 0 radical (unpaired) electrons. The summed E-state index contributed by atoms with van der Waals surface area (Å²) in [6.45, 7) is 6.65. The molecule has 0 amide bonds. The Morgan fingerprint density at radius 1 is 0.692 bits per heavy atom. The molecule has 3 aromatic rings. The van der Waals surface area contributed by atoms with Crippen LogP contribution in [0.2, 0.25) is 0 Å². The second kappa shape index (κ2) is 8.20. The zero-order chi connectivity index (χ0) is 18.5. The average Bonchev–Trinajstić information content (AvgIpc) is 2.66. The highest BCUT2D eigenvalue weighted by atomic mass is 16.2. The largest absolute Gasteiger partial charge is 0.396 e. The van der Waals surface area contributed by atoms with Crippen LogP contribution in [0.4, 0.5) is 17.1 Å². The molecule has 26 heavy (non-hydrogen) atoms. The number of aliphatic hydroxyl groups is 1. The van der Waals surface area contributed by atoms with Gasteiger partial charge in [0.25, 0.3) is 0 Å². The number of hydrogen-bond acceptors (Lipinski definition) is 2. The molecule has 0 aliphatic carbocycles. The first-order valence-corrected chi connectivity index (χ1v) is 9.22. The molecule has 0 spiro atoms. The highest BCUT2D eigenvalue weighted by Gasteiger charge is 2.13. The van der Waals surface area contributed by atoms with Crippen LogP contribution in [-0.4, -0.2) is 11.7 Å². The molecule has 0 saturated carbocycles. The normalized spacial score (nSPS) is 10.8. The summed E-state index contributed by atoms with van der Waals surface area (Å²) in [6.07, 6.45) is 1.71. The van der Waals surface area contributed by atoms with Crippen LogP contribution in [0.1, 0.15) is 28.7 Å². The topological polar surface area (TPSA) is 23.5 Å². The van der Waals surface area contributed by atoms with Crippen molar-refractivity contribution < 1.29 is 5.11 Å². The third-order valence-corrected chi connectivity index (χ3v) is 4.86. The smallest absolute Gasteiger partial charge is 0.0464 e.